The molecule has 0 saturated carbocycles. The Labute approximate surface area is 140 Å². The number of nitrogens with one attached hydrogen (secondary N) is 1. The molecule has 0 saturated heterocycles. The Bertz CT molecular complexity index is 418. The topological polar surface area (TPSA) is 30.9 Å². The zero-order valence-corrected chi connectivity index (χ0v) is 15.8. The Morgan fingerprint density at radius 3 is 2.41 bits per heavy atom. The van der Waals surface area contributed by atoms with Crippen LogP contribution in [0, 0.1) is 0 Å². The fourth-order valence-corrected chi connectivity index (χ4v) is 3.33. The molecule has 1 rings (SSSR count). The van der Waals surface area contributed by atoms with Crippen LogP contribution in [0.15, 0.2) is 22.5 Å². The van der Waals surface area contributed by atoms with E-state index in [1.54, 1.807) is 0 Å². The van der Waals surface area contributed by atoms with Gasteiger partial charge in [-0.05, 0) is 45.6 Å². The molecule has 5 heteroatoms. The van der Waals surface area contributed by atoms with Crippen LogP contribution in [-0.2, 0) is 6.42 Å². The first-order valence-electron chi connectivity index (χ1n) is 8.15. The van der Waals surface area contributed by atoms with E-state index in [1.807, 2.05) is 18.4 Å². The lowest BCUT2D eigenvalue weighted by molar-refractivity contribution is 0.178. The molecule has 0 atom stereocenters. The monoisotopic (exact) mass is 324 g/mol. The lowest BCUT2D eigenvalue weighted by atomic mass is 10.2. The zero-order valence-electron chi connectivity index (χ0n) is 15.0. The summed E-state index contributed by atoms with van der Waals surface area (Å²) in [4.78, 5) is 10.5. The number of guanidine groups is 1. The van der Waals surface area contributed by atoms with Gasteiger partial charge >= 0.3 is 0 Å². The molecule has 0 aliphatic heterocycles. The molecule has 0 bridgehead atoms. The molecule has 22 heavy (non-hydrogen) atoms. The quantitative estimate of drug-likeness (QED) is 0.589. The van der Waals surface area contributed by atoms with Crippen molar-refractivity contribution in [3.05, 3.63) is 22.4 Å². The predicted octanol–water partition coefficient (Wildman–Crippen LogP) is 2.92. The van der Waals surface area contributed by atoms with Crippen LogP contribution in [0.5, 0.6) is 0 Å². The van der Waals surface area contributed by atoms with Gasteiger partial charge < -0.3 is 10.2 Å². The minimum absolute atomic E-state index is 0.570. The largest absolute Gasteiger partial charge is 0.355 e. The molecule has 0 radical (unpaired) electrons. The van der Waals surface area contributed by atoms with Gasteiger partial charge in [0.25, 0.3) is 0 Å². The van der Waals surface area contributed by atoms with Crippen LogP contribution in [0.1, 0.15) is 32.6 Å². The fourth-order valence-electron chi connectivity index (χ4n) is 2.63. The highest BCUT2D eigenvalue weighted by atomic mass is 32.1. The van der Waals surface area contributed by atoms with Crippen LogP contribution in [-0.4, -0.2) is 61.6 Å². The van der Waals surface area contributed by atoms with Crippen molar-refractivity contribution in [2.45, 2.75) is 46.2 Å². The van der Waals surface area contributed by atoms with Crippen molar-refractivity contribution in [2.75, 3.05) is 33.7 Å². The molecule has 0 aromatic carbocycles. The Morgan fingerprint density at radius 1 is 1.23 bits per heavy atom. The molecule has 0 spiro atoms. The van der Waals surface area contributed by atoms with Crippen LogP contribution in [0.25, 0.3) is 0 Å². The number of aliphatic imine (C=N–C) groups is 1. The Hall–Kier alpha value is -1.07. The maximum atomic E-state index is 4.39. The molecule has 1 aromatic heterocycles. The summed E-state index contributed by atoms with van der Waals surface area (Å²) >= 11 is 1.82. The molecule has 1 aromatic rings. The Morgan fingerprint density at radius 2 is 1.91 bits per heavy atom. The predicted molar refractivity (Wildman–Crippen MR) is 99.0 cm³/mol. The van der Waals surface area contributed by atoms with E-state index in [0.29, 0.717) is 12.1 Å². The van der Waals surface area contributed by atoms with Gasteiger partial charge in [-0.2, -0.15) is 0 Å². The van der Waals surface area contributed by atoms with E-state index >= 15 is 0 Å². The number of rotatable bonds is 8. The number of hydrogen-bond acceptors (Lipinski definition) is 3. The van der Waals surface area contributed by atoms with E-state index < -0.39 is 0 Å². The molecule has 0 aliphatic carbocycles. The van der Waals surface area contributed by atoms with Crippen LogP contribution >= 0.6 is 11.3 Å². The molecule has 4 nitrogen and oxygen atoms in total. The smallest absolute Gasteiger partial charge is 0.193 e. The molecule has 0 amide bonds. The third-order valence-corrected chi connectivity index (χ3v) is 4.76. The number of hydrogen-bond donors (Lipinski definition) is 1. The molecular formula is C17H32N4S. The molecule has 126 valence electrons. The van der Waals surface area contributed by atoms with Gasteiger partial charge in [0.2, 0.25) is 0 Å². The number of nitrogens with zero attached hydrogens (tertiary/aromatic N) is 3. The fraction of sp³-hybridized carbons (Fsp3) is 0.706. The maximum Gasteiger partial charge on any atom is 0.193 e. The summed E-state index contributed by atoms with van der Waals surface area (Å²) in [5, 5.41) is 5.61. The summed E-state index contributed by atoms with van der Waals surface area (Å²) in [6.45, 7) is 12.0. The van der Waals surface area contributed by atoms with Gasteiger partial charge in [-0.3, -0.25) is 9.89 Å². The molecule has 0 unspecified atom stereocenters. The van der Waals surface area contributed by atoms with Crippen molar-refractivity contribution >= 4 is 17.3 Å². The van der Waals surface area contributed by atoms with Gasteiger partial charge in [0.1, 0.15) is 0 Å². The average Bonchev–Trinajstić information content (AvgIpc) is 2.97. The molecule has 0 fully saturated rings. The van der Waals surface area contributed by atoms with E-state index in [1.165, 1.54) is 4.88 Å². The first kappa shape index (κ1) is 19.0. The van der Waals surface area contributed by atoms with Crippen molar-refractivity contribution in [2.24, 2.45) is 4.99 Å². The SMILES string of the molecule is CN=C(NCCN(C(C)C)C(C)C)N(C)CCc1cccs1. The van der Waals surface area contributed by atoms with E-state index in [4.69, 9.17) is 0 Å². The van der Waals surface area contributed by atoms with Crippen molar-refractivity contribution in [3.8, 4) is 0 Å². The van der Waals surface area contributed by atoms with Crippen molar-refractivity contribution in [1.29, 1.82) is 0 Å². The van der Waals surface area contributed by atoms with E-state index in [2.05, 4.69) is 72.4 Å². The second-order valence-corrected chi connectivity index (χ2v) is 7.18. The van der Waals surface area contributed by atoms with Crippen LogP contribution < -0.4 is 5.32 Å². The number of thiophene rings is 1. The van der Waals surface area contributed by atoms with E-state index in [9.17, 15) is 0 Å². The van der Waals surface area contributed by atoms with E-state index in [0.717, 1.165) is 32.0 Å². The molecular weight excluding hydrogens is 292 g/mol. The average molecular weight is 325 g/mol. The lowest BCUT2D eigenvalue weighted by Crippen LogP contribution is -2.46. The highest BCUT2D eigenvalue weighted by Crippen LogP contribution is 2.09. The van der Waals surface area contributed by atoms with Crippen LogP contribution in [0.2, 0.25) is 0 Å². The third kappa shape index (κ3) is 6.36. The normalized spacial score (nSPS) is 12.5. The lowest BCUT2D eigenvalue weighted by Gasteiger charge is -2.31. The summed E-state index contributed by atoms with van der Waals surface area (Å²) in [7, 11) is 3.96. The van der Waals surface area contributed by atoms with Crippen molar-refractivity contribution in [1.82, 2.24) is 15.1 Å². The second kappa shape index (κ2) is 9.85. The minimum Gasteiger partial charge on any atom is -0.355 e. The summed E-state index contributed by atoms with van der Waals surface area (Å²) < 4.78 is 0. The summed E-state index contributed by atoms with van der Waals surface area (Å²) in [5.41, 5.74) is 0. The van der Waals surface area contributed by atoms with Gasteiger partial charge in [-0.15, -0.1) is 11.3 Å². The van der Waals surface area contributed by atoms with Crippen LogP contribution in [0.3, 0.4) is 0 Å². The Balaban J connectivity index is 2.37. The zero-order chi connectivity index (χ0) is 16.5. The first-order chi connectivity index (χ1) is 10.5. The summed E-state index contributed by atoms with van der Waals surface area (Å²) in [5.74, 6) is 0.976. The highest BCUT2D eigenvalue weighted by Gasteiger charge is 2.13. The molecule has 1 heterocycles. The standard InChI is InChI=1S/C17H32N4S/c1-14(2)21(15(3)4)12-10-19-17(18-5)20(6)11-9-16-8-7-13-22-16/h7-8,13-15H,9-12H2,1-6H3,(H,18,19). The maximum absolute atomic E-state index is 4.39. The molecule has 0 aliphatic rings. The first-order valence-corrected chi connectivity index (χ1v) is 9.03. The summed E-state index contributed by atoms with van der Waals surface area (Å²) in [6, 6.07) is 5.44. The third-order valence-electron chi connectivity index (χ3n) is 3.83. The van der Waals surface area contributed by atoms with Gasteiger partial charge in [0.05, 0.1) is 0 Å². The van der Waals surface area contributed by atoms with Gasteiger partial charge in [0.15, 0.2) is 5.96 Å². The minimum atomic E-state index is 0.570. The second-order valence-electron chi connectivity index (χ2n) is 6.15. The van der Waals surface area contributed by atoms with Crippen molar-refractivity contribution in [3.63, 3.8) is 0 Å². The van der Waals surface area contributed by atoms with Gasteiger partial charge in [0, 0.05) is 50.7 Å². The number of likely N-dealkylation sites (N-methyl/N-ethyl adjacent to an activating group) is 1. The van der Waals surface area contributed by atoms with E-state index in [-0.39, 0.29) is 0 Å². The Kier molecular flexibility index (Phi) is 8.49. The van der Waals surface area contributed by atoms with Gasteiger partial charge in [-0.25, -0.2) is 0 Å². The van der Waals surface area contributed by atoms with Crippen LogP contribution in [0.4, 0.5) is 0 Å². The van der Waals surface area contributed by atoms with Gasteiger partial charge in [-0.1, -0.05) is 6.07 Å². The summed E-state index contributed by atoms with van der Waals surface area (Å²) in [6.07, 6.45) is 1.07. The van der Waals surface area contributed by atoms with Crippen molar-refractivity contribution < 1.29 is 0 Å². The highest BCUT2D eigenvalue weighted by molar-refractivity contribution is 7.09. The molecule has 1 N–H and O–H groups in total.